The number of primary sulfonamides is 1. The lowest BCUT2D eigenvalue weighted by Crippen LogP contribution is -2.17. The maximum atomic E-state index is 13.3. The molecular formula is C24H25ClN2O7S. The number of benzene rings is 1. The Balaban J connectivity index is 1.80. The number of nitrogens with two attached hydrogens (primary N) is 1. The van der Waals surface area contributed by atoms with E-state index in [1.807, 2.05) is 6.92 Å². The number of nitrogens with zero attached hydrogens (tertiary/aromatic N) is 1. The summed E-state index contributed by atoms with van der Waals surface area (Å²) in [6.45, 7) is 7.22. The summed E-state index contributed by atoms with van der Waals surface area (Å²) in [4.78, 5) is 29.2. The monoisotopic (exact) mass is 520 g/mol. The molecule has 0 radical (unpaired) electrons. The highest BCUT2D eigenvalue weighted by atomic mass is 35.5. The molecule has 186 valence electrons. The number of ether oxygens (including phenoxy) is 2. The number of rotatable bonds is 7. The van der Waals surface area contributed by atoms with E-state index in [1.165, 1.54) is 12.1 Å². The highest BCUT2D eigenvalue weighted by Gasteiger charge is 2.48. The first-order chi connectivity index (χ1) is 16.4. The summed E-state index contributed by atoms with van der Waals surface area (Å²) in [5.74, 6) is -0.555. The minimum absolute atomic E-state index is 0.0539. The highest BCUT2D eigenvalue weighted by Crippen LogP contribution is 2.49. The Bertz CT molecular complexity index is 1500. The Morgan fingerprint density at radius 3 is 2.69 bits per heavy atom. The largest absolute Gasteiger partial charge is 0.483 e. The molecular weight excluding hydrogens is 496 g/mol. The van der Waals surface area contributed by atoms with Crippen molar-refractivity contribution in [1.29, 1.82) is 0 Å². The Kier molecular flexibility index (Phi) is 6.65. The Hall–Kier alpha value is -2.95. The lowest BCUT2D eigenvalue weighted by molar-refractivity contribution is -0.144. The Labute approximate surface area is 207 Å². The number of hydrogen-bond acceptors (Lipinski definition) is 8. The van der Waals surface area contributed by atoms with Crippen molar-refractivity contribution in [2.24, 2.45) is 11.1 Å². The second-order valence-corrected chi connectivity index (χ2v) is 10.5. The zero-order chi connectivity index (χ0) is 25.7. The summed E-state index contributed by atoms with van der Waals surface area (Å²) in [6, 6.07) is 6.27. The number of hydrogen-bond donors (Lipinski definition) is 1. The molecule has 3 atom stereocenters. The van der Waals surface area contributed by atoms with Gasteiger partial charge in [0.25, 0.3) is 10.0 Å². The van der Waals surface area contributed by atoms with E-state index in [1.54, 1.807) is 32.9 Å². The van der Waals surface area contributed by atoms with Gasteiger partial charge in [-0.1, -0.05) is 11.6 Å². The normalized spacial score (nSPS) is 18.3. The molecule has 11 heteroatoms. The van der Waals surface area contributed by atoms with Crippen molar-refractivity contribution in [3.05, 3.63) is 62.1 Å². The van der Waals surface area contributed by atoms with Gasteiger partial charge >= 0.3 is 5.97 Å². The van der Waals surface area contributed by atoms with Gasteiger partial charge in [-0.2, -0.15) is 0 Å². The van der Waals surface area contributed by atoms with Crippen LogP contribution in [0.3, 0.4) is 0 Å². The Morgan fingerprint density at radius 2 is 2.03 bits per heavy atom. The maximum absolute atomic E-state index is 13.3. The summed E-state index contributed by atoms with van der Waals surface area (Å²) < 4.78 is 41.3. The van der Waals surface area contributed by atoms with Crippen LogP contribution in [0.5, 0.6) is 5.75 Å². The topological polar surface area (TPSA) is 139 Å². The fourth-order valence-electron chi connectivity index (χ4n) is 4.19. The molecule has 1 fully saturated rings. The van der Waals surface area contributed by atoms with Gasteiger partial charge in [0.2, 0.25) is 5.03 Å². The number of aromatic nitrogens is 1. The van der Waals surface area contributed by atoms with E-state index in [0.717, 1.165) is 5.56 Å². The van der Waals surface area contributed by atoms with E-state index in [9.17, 15) is 18.0 Å². The second-order valence-electron chi connectivity index (χ2n) is 8.59. The molecule has 1 aromatic carbocycles. The number of carbonyl (C=O) groups excluding carboxylic acids is 1. The highest BCUT2D eigenvalue weighted by molar-refractivity contribution is 7.89. The molecule has 0 bridgehead atoms. The number of halogens is 1. The third-order valence-corrected chi connectivity index (χ3v) is 6.99. The van der Waals surface area contributed by atoms with Crippen molar-refractivity contribution >= 4 is 38.6 Å². The first-order valence-electron chi connectivity index (χ1n) is 11.0. The van der Waals surface area contributed by atoms with Crippen LogP contribution < -0.4 is 15.3 Å². The van der Waals surface area contributed by atoms with Crippen LogP contribution in [-0.2, 0) is 19.6 Å². The van der Waals surface area contributed by atoms with Crippen LogP contribution in [0.4, 0.5) is 0 Å². The number of fused-ring (bicyclic) bond motifs is 1. The maximum Gasteiger partial charge on any atom is 0.309 e. The molecule has 35 heavy (non-hydrogen) atoms. The molecule has 2 N–H and O–H groups in total. The van der Waals surface area contributed by atoms with Gasteiger partial charge in [-0.25, -0.2) is 18.5 Å². The number of sulfonamides is 1. The molecule has 4 rings (SSSR count). The summed E-state index contributed by atoms with van der Waals surface area (Å²) in [5.41, 5.74) is 1.87. The van der Waals surface area contributed by atoms with E-state index >= 15 is 0 Å². The van der Waals surface area contributed by atoms with E-state index in [0.29, 0.717) is 34.3 Å². The third kappa shape index (κ3) is 4.91. The summed E-state index contributed by atoms with van der Waals surface area (Å²) in [6.07, 6.45) is -0.213. The van der Waals surface area contributed by atoms with Crippen molar-refractivity contribution < 1.29 is 27.1 Å². The first kappa shape index (κ1) is 25.2. The quantitative estimate of drug-likeness (QED) is 0.365. The predicted octanol–water partition coefficient (Wildman–Crippen LogP) is 3.91. The fourth-order valence-corrected chi connectivity index (χ4v) is 5.01. The van der Waals surface area contributed by atoms with E-state index in [-0.39, 0.29) is 40.7 Å². The zero-order valence-corrected chi connectivity index (χ0v) is 21.2. The van der Waals surface area contributed by atoms with Gasteiger partial charge in [0, 0.05) is 17.0 Å². The lowest BCUT2D eigenvalue weighted by atomic mass is 10.0. The van der Waals surface area contributed by atoms with Crippen molar-refractivity contribution in [3.63, 3.8) is 0 Å². The number of aryl methyl sites for hydroxylation is 1. The zero-order valence-electron chi connectivity index (χ0n) is 19.6. The summed E-state index contributed by atoms with van der Waals surface area (Å²) in [7, 11) is -4.21. The van der Waals surface area contributed by atoms with Gasteiger partial charge in [0.15, 0.2) is 11.2 Å². The molecule has 2 aromatic heterocycles. The van der Waals surface area contributed by atoms with Crippen LogP contribution in [0, 0.1) is 19.8 Å². The molecule has 2 unspecified atom stereocenters. The molecule has 0 spiro atoms. The van der Waals surface area contributed by atoms with Gasteiger partial charge in [0.05, 0.1) is 17.9 Å². The molecule has 9 nitrogen and oxygen atoms in total. The molecule has 1 aliphatic carbocycles. The average molecular weight is 521 g/mol. The predicted molar refractivity (Wildman–Crippen MR) is 129 cm³/mol. The number of carbonyl (C=O) groups is 1. The minimum Gasteiger partial charge on any atom is -0.483 e. The van der Waals surface area contributed by atoms with Crippen LogP contribution >= 0.6 is 11.6 Å². The Morgan fingerprint density at radius 1 is 1.31 bits per heavy atom. The number of pyridine rings is 1. The van der Waals surface area contributed by atoms with Crippen LogP contribution in [0.2, 0.25) is 5.15 Å². The number of esters is 1. The van der Waals surface area contributed by atoms with Crippen molar-refractivity contribution in [1.82, 2.24) is 4.98 Å². The van der Waals surface area contributed by atoms with Crippen LogP contribution in [0.25, 0.3) is 11.0 Å². The summed E-state index contributed by atoms with van der Waals surface area (Å²) >= 11 is 5.84. The standard InChI is InChI=1S/C24H25ClN2O7S/c1-5-32-24(29)16-10-15(16)21-12(3)20(28)17-9-11(2)8-14(22(17)34-21)13(4)33-18-6-7-19(25)27-23(18)35(26,30)31/h6-9,13,15-16H,5,10H2,1-4H3,(H2,26,30,31)/t13-,15?,16?/m1/s1. The van der Waals surface area contributed by atoms with E-state index in [4.69, 9.17) is 30.6 Å². The molecule has 3 aromatic rings. The van der Waals surface area contributed by atoms with Crippen molar-refractivity contribution in [2.75, 3.05) is 6.61 Å². The SMILES string of the molecule is CCOC(=O)C1CC1c1oc2c([C@@H](C)Oc3ccc(Cl)nc3S(N)(=O)=O)cc(C)cc2c(=O)c1C. The third-order valence-electron chi connectivity index (χ3n) is 5.95. The van der Waals surface area contributed by atoms with E-state index < -0.39 is 21.2 Å². The molecule has 0 aliphatic heterocycles. The van der Waals surface area contributed by atoms with Gasteiger partial charge in [0.1, 0.15) is 22.6 Å². The van der Waals surface area contributed by atoms with Gasteiger partial charge < -0.3 is 13.9 Å². The van der Waals surface area contributed by atoms with Gasteiger partial charge in [-0.05, 0) is 63.9 Å². The van der Waals surface area contributed by atoms with Crippen molar-refractivity contribution in [2.45, 2.75) is 51.2 Å². The minimum atomic E-state index is -4.21. The molecule has 0 saturated heterocycles. The van der Waals surface area contributed by atoms with Gasteiger partial charge in [-0.15, -0.1) is 0 Å². The lowest BCUT2D eigenvalue weighted by Gasteiger charge is -2.19. The molecule has 2 heterocycles. The van der Waals surface area contributed by atoms with Crippen molar-refractivity contribution in [3.8, 4) is 5.75 Å². The van der Waals surface area contributed by atoms with Crippen LogP contribution in [-0.4, -0.2) is 26.0 Å². The second kappa shape index (κ2) is 9.25. The molecule has 1 saturated carbocycles. The van der Waals surface area contributed by atoms with E-state index in [2.05, 4.69) is 4.98 Å². The average Bonchev–Trinajstić information content (AvgIpc) is 3.57. The van der Waals surface area contributed by atoms with Crippen LogP contribution in [0.1, 0.15) is 54.7 Å². The molecule has 0 amide bonds. The van der Waals surface area contributed by atoms with Gasteiger partial charge in [-0.3, -0.25) is 9.59 Å². The molecule has 1 aliphatic rings. The fraction of sp³-hybridized carbons (Fsp3) is 0.375. The summed E-state index contributed by atoms with van der Waals surface area (Å²) in [5, 5.41) is 5.10. The van der Waals surface area contributed by atoms with Crippen LogP contribution in [0.15, 0.2) is 38.5 Å². The first-order valence-corrected chi connectivity index (χ1v) is 12.9. The smallest absolute Gasteiger partial charge is 0.309 e.